The van der Waals surface area contributed by atoms with Crippen LogP contribution in [0.1, 0.15) is 63.3 Å². The standard InChI is InChI=1S/C20H31N3O3/c1-15-12-16(2)22-18(21-15)26-14-20(25)10-7-11-23(13-20)17(24)19(3)8-5-4-6-9-19/h12,25H,4-11,13-14H2,1-3H3. The molecule has 6 heteroatoms. The van der Waals surface area contributed by atoms with Crippen molar-refractivity contribution in [3.05, 3.63) is 17.5 Å². The number of piperidine rings is 1. The molecule has 1 aromatic heterocycles. The first-order valence-electron chi connectivity index (χ1n) is 9.77. The van der Waals surface area contributed by atoms with Gasteiger partial charge in [-0.2, -0.15) is 0 Å². The van der Waals surface area contributed by atoms with Gasteiger partial charge in [0.05, 0.1) is 6.54 Å². The van der Waals surface area contributed by atoms with Crippen molar-refractivity contribution in [3.8, 4) is 6.01 Å². The Morgan fingerprint density at radius 1 is 1.15 bits per heavy atom. The van der Waals surface area contributed by atoms with Crippen LogP contribution < -0.4 is 4.74 Å². The molecule has 2 aliphatic rings. The Balaban J connectivity index is 1.63. The first-order chi connectivity index (χ1) is 12.3. The fourth-order valence-corrected chi connectivity index (χ4v) is 4.29. The number of aryl methyl sites for hydroxylation is 2. The fourth-order valence-electron chi connectivity index (χ4n) is 4.29. The van der Waals surface area contributed by atoms with Gasteiger partial charge in [-0.1, -0.05) is 26.2 Å². The maximum absolute atomic E-state index is 13.1. The number of aliphatic hydroxyl groups is 1. The predicted octanol–water partition coefficient (Wildman–Crippen LogP) is 2.80. The van der Waals surface area contributed by atoms with Gasteiger partial charge in [0.15, 0.2) is 0 Å². The SMILES string of the molecule is Cc1cc(C)nc(OCC2(O)CCCN(C(=O)C3(C)CCCCC3)C2)n1. The largest absolute Gasteiger partial charge is 0.460 e. The van der Waals surface area contributed by atoms with Crippen LogP contribution in [0.3, 0.4) is 0 Å². The first-order valence-corrected chi connectivity index (χ1v) is 9.77. The Bertz CT molecular complexity index is 637. The van der Waals surface area contributed by atoms with Gasteiger partial charge in [-0.25, -0.2) is 9.97 Å². The highest BCUT2D eigenvalue weighted by atomic mass is 16.5. The van der Waals surface area contributed by atoms with Gasteiger partial charge in [0.2, 0.25) is 5.91 Å². The zero-order valence-corrected chi connectivity index (χ0v) is 16.3. The van der Waals surface area contributed by atoms with E-state index in [1.165, 1.54) is 6.42 Å². The second kappa shape index (κ2) is 7.51. The van der Waals surface area contributed by atoms with Crippen LogP contribution in [0.2, 0.25) is 0 Å². The van der Waals surface area contributed by atoms with E-state index in [4.69, 9.17) is 4.74 Å². The van der Waals surface area contributed by atoms with E-state index in [1.807, 2.05) is 24.8 Å². The van der Waals surface area contributed by atoms with Gasteiger partial charge in [-0.15, -0.1) is 0 Å². The number of carbonyl (C=O) groups is 1. The number of amides is 1. The summed E-state index contributed by atoms with van der Waals surface area (Å²) in [6.07, 6.45) is 6.77. The van der Waals surface area contributed by atoms with Crippen molar-refractivity contribution < 1.29 is 14.6 Å². The molecule has 1 aliphatic carbocycles. The monoisotopic (exact) mass is 361 g/mol. The van der Waals surface area contributed by atoms with E-state index in [2.05, 4.69) is 16.9 Å². The summed E-state index contributed by atoms with van der Waals surface area (Å²) in [5, 5.41) is 11.0. The summed E-state index contributed by atoms with van der Waals surface area (Å²) in [4.78, 5) is 23.4. The van der Waals surface area contributed by atoms with E-state index in [0.717, 1.165) is 50.0 Å². The number of hydrogen-bond acceptors (Lipinski definition) is 5. The summed E-state index contributed by atoms with van der Waals surface area (Å²) in [7, 11) is 0. The summed E-state index contributed by atoms with van der Waals surface area (Å²) in [5.74, 6) is 0.193. The van der Waals surface area contributed by atoms with Gasteiger partial charge in [0.25, 0.3) is 0 Å². The van der Waals surface area contributed by atoms with E-state index in [9.17, 15) is 9.90 Å². The Kier molecular flexibility index (Phi) is 5.51. The molecule has 0 radical (unpaired) electrons. The second-order valence-corrected chi connectivity index (χ2v) is 8.40. The number of carbonyl (C=O) groups excluding carboxylic acids is 1. The van der Waals surface area contributed by atoms with Gasteiger partial charge in [0, 0.05) is 23.3 Å². The minimum atomic E-state index is -1.04. The normalized spacial score (nSPS) is 25.8. The molecule has 26 heavy (non-hydrogen) atoms. The summed E-state index contributed by atoms with van der Waals surface area (Å²) in [5.41, 5.74) is 0.365. The molecule has 0 spiro atoms. The molecule has 6 nitrogen and oxygen atoms in total. The van der Waals surface area contributed by atoms with Crippen molar-refractivity contribution in [2.24, 2.45) is 5.41 Å². The van der Waals surface area contributed by atoms with Crippen molar-refractivity contribution in [2.75, 3.05) is 19.7 Å². The molecule has 1 saturated heterocycles. The summed E-state index contributed by atoms with van der Waals surface area (Å²) in [6.45, 7) is 7.02. The molecule has 2 heterocycles. The highest BCUT2D eigenvalue weighted by Gasteiger charge is 2.42. The lowest BCUT2D eigenvalue weighted by molar-refractivity contribution is -0.151. The minimum Gasteiger partial charge on any atom is -0.460 e. The van der Waals surface area contributed by atoms with E-state index in [0.29, 0.717) is 19.0 Å². The average Bonchev–Trinajstić information content (AvgIpc) is 2.59. The van der Waals surface area contributed by atoms with Crippen molar-refractivity contribution in [3.63, 3.8) is 0 Å². The van der Waals surface area contributed by atoms with Crippen LogP contribution in [0.5, 0.6) is 6.01 Å². The zero-order valence-electron chi connectivity index (χ0n) is 16.3. The molecule has 3 rings (SSSR count). The molecule has 1 amide bonds. The van der Waals surface area contributed by atoms with Gasteiger partial charge in [0.1, 0.15) is 12.2 Å². The molecule has 0 aromatic carbocycles. The Morgan fingerprint density at radius 3 is 2.46 bits per heavy atom. The number of ether oxygens (including phenoxy) is 1. The van der Waals surface area contributed by atoms with Crippen LogP contribution in [-0.2, 0) is 4.79 Å². The van der Waals surface area contributed by atoms with Gasteiger partial charge in [-0.05, 0) is 45.6 Å². The molecule has 0 bridgehead atoms. The van der Waals surface area contributed by atoms with E-state index < -0.39 is 5.60 Å². The van der Waals surface area contributed by atoms with Gasteiger partial charge in [-0.3, -0.25) is 4.79 Å². The van der Waals surface area contributed by atoms with E-state index >= 15 is 0 Å². The third-order valence-electron chi connectivity index (χ3n) is 5.75. The van der Waals surface area contributed by atoms with Crippen molar-refractivity contribution >= 4 is 5.91 Å². The number of aromatic nitrogens is 2. The van der Waals surface area contributed by atoms with Crippen LogP contribution in [-0.4, -0.2) is 51.2 Å². The summed E-state index contributed by atoms with van der Waals surface area (Å²) >= 11 is 0. The Morgan fingerprint density at radius 2 is 1.81 bits per heavy atom. The van der Waals surface area contributed by atoms with Crippen LogP contribution in [0.4, 0.5) is 0 Å². The van der Waals surface area contributed by atoms with Crippen molar-refractivity contribution in [2.45, 2.75) is 71.3 Å². The lowest BCUT2D eigenvalue weighted by Crippen LogP contribution is -2.56. The summed E-state index contributed by atoms with van der Waals surface area (Å²) < 4.78 is 5.70. The van der Waals surface area contributed by atoms with Gasteiger partial charge >= 0.3 is 6.01 Å². The quantitative estimate of drug-likeness (QED) is 0.892. The second-order valence-electron chi connectivity index (χ2n) is 8.40. The molecular weight excluding hydrogens is 330 g/mol. The Labute approximate surface area is 156 Å². The van der Waals surface area contributed by atoms with Crippen molar-refractivity contribution in [1.82, 2.24) is 14.9 Å². The number of β-amino-alcohol motifs (C(OH)–C–C–N with tert-alkyl or cyclic N) is 1. The number of hydrogen-bond donors (Lipinski definition) is 1. The first kappa shape index (κ1) is 19.1. The van der Waals surface area contributed by atoms with E-state index in [-0.39, 0.29) is 17.9 Å². The Hall–Kier alpha value is -1.69. The predicted molar refractivity (Wildman–Crippen MR) is 99.0 cm³/mol. The molecule has 1 atom stereocenters. The fraction of sp³-hybridized carbons (Fsp3) is 0.750. The molecule has 1 N–H and O–H groups in total. The average molecular weight is 361 g/mol. The number of nitrogens with zero attached hydrogens (tertiary/aromatic N) is 3. The lowest BCUT2D eigenvalue weighted by Gasteiger charge is -2.43. The lowest BCUT2D eigenvalue weighted by atomic mass is 9.74. The minimum absolute atomic E-state index is 0.108. The number of likely N-dealkylation sites (tertiary alicyclic amines) is 1. The molecule has 1 unspecified atom stereocenters. The smallest absolute Gasteiger partial charge is 0.316 e. The van der Waals surface area contributed by atoms with E-state index in [1.54, 1.807) is 0 Å². The third kappa shape index (κ3) is 4.34. The maximum atomic E-state index is 13.1. The van der Waals surface area contributed by atoms with Crippen LogP contribution >= 0.6 is 0 Å². The highest BCUT2D eigenvalue weighted by molar-refractivity contribution is 5.82. The molecule has 2 fully saturated rings. The van der Waals surface area contributed by atoms with Gasteiger partial charge < -0.3 is 14.7 Å². The molecule has 144 valence electrons. The van der Waals surface area contributed by atoms with Crippen LogP contribution in [0.25, 0.3) is 0 Å². The summed E-state index contributed by atoms with van der Waals surface area (Å²) in [6, 6.07) is 2.17. The topological polar surface area (TPSA) is 75.6 Å². The molecule has 1 aliphatic heterocycles. The number of rotatable bonds is 4. The van der Waals surface area contributed by atoms with Crippen LogP contribution in [0, 0.1) is 19.3 Å². The molecule has 1 aromatic rings. The highest BCUT2D eigenvalue weighted by Crippen LogP contribution is 2.38. The van der Waals surface area contributed by atoms with Crippen LogP contribution in [0.15, 0.2) is 6.07 Å². The zero-order chi connectivity index (χ0) is 18.8. The van der Waals surface area contributed by atoms with Crippen molar-refractivity contribution in [1.29, 1.82) is 0 Å². The molecular formula is C20H31N3O3. The maximum Gasteiger partial charge on any atom is 0.316 e. The molecule has 1 saturated carbocycles. The third-order valence-corrected chi connectivity index (χ3v) is 5.75.